The van der Waals surface area contributed by atoms with Crippen LogP contribution in [0.5, 0.6) is 0 Å². The Labute approximate surface area is 101 Å². The summed E-state index contributed by atoms with van der Waals surface area (Å²) in [7, 11) is 1.92. The molecule has 0 spiro atoms. The lowest BCUT2D eigenvalue weighted by Crippen LogP contribution is -2.02. The Hall–Kier alpha value is -1.77. The van der Waals surface area contributed by atoms with E-state index in [9.17, 15) is 0 Å². The van der Waals surface area contributed by atoms with Gasteiger partial charge in [0.05, 0.1) is 5.69 Å². The van der Waals surface area contributed by atoms with Gasteiger partial charge in [0.25, 0.3) is 0 Å². The number of imidazole rings is 1. The minimum atomic E-state index is 0.567. The van der Waals surface area contributed by atoms with Gasteiger partial charge in [0.1, 0.15) is 0 Å². The van der Waals surface area contributed by atoms with E-state index in [-0.39, 0.29) is 0 Å². The molecule has 0 radical (unpaired) electrons. The van der Waals surface area contributed by atoms with Crippen LogP contribution >= 0.6 is 0 Å². The van der Waals surface area contributed by atoms with E-state index in [1.165, 1.54) is 42.4 Å². The summed E-state index contributed by atoms with van der Waals surface area (Å²) in [4.78, 5) is 4.37. The average Bonchev–Trinajstić information content (AvgIpc) is 2.69. The minimum Gasteiger partial charge on any atom is -0.369 e. The van der Waals surface area contributed by atoms with Gasteiger partial charge in [-0.25, -0.2) is 4.98 Å². The molecule has 1 aromatic heterocycles. The Bertz CT molecular complexity index is 535. The van der Waals surface area contributed by atoms with Gasteiger partial charge in [0, 0.05) is 18.8 Å². The van der Waals surface area contributed by atoms with Crippen LogP contribution in [-0.4, -0.2) is 9.55 Å². The lowest BCUT2D eigenvalue weighted by molar-refractivity contribution is 0.686. The molecule has 2 N–H and O–H groups in total. The molecule has 0 fully saturated rings. The molecule has 0 saturated carbocycles. The maximum atomic E-state index is 5.77. The molecule has 3 nitrogen and oxygen atoms in total. The van der Waals surface area contributed by atoms with Crippen LogP contribution in [0.4, 0.5) is 5.95 Å². The second kappa shape index (κ2) is 3.91. The van der Waals surface area contributed by atoms with Crippen molar-refractivity contribution in [3.63, 3.8) is 0 Å². The SMILES string of the molecule is Cn1cc(-c2ccc3c(c2)CCCC3)nc1N. The fourth-order valence-corrected chi connectivity index (χ4v) is 2.51. The topological polar surface area (TPSA) is 43.8 Å². The Morgan fingerprint density at radius 3 is 2.65 bits per heavy atom. The second-order valence-electron chi connectivity index (χ2n) is 4.79. The molecule has 0 atom stereocenters. The van der Waals surface area contributed by atoms with Crippen molar-refractivity contribution in [2.24, 2.45) is 7.05 Å². The van der Waals surface area contributed by atoms with Crippen molar-refractivity contribution < 1.29 is 0 Å². The normalized spacial score (nSPS) is 14.6. The van der Waals surface area contributed by atoms with Crippen LogP contribution in [0, 0.1) is 0 Å². The van der Waals surface area contributed by atoms with Crippen LogP contribution < -0.4 is 5.73 Å². The van der Waals surface area contributed by atoms with Crippen LogP contribution in [0.15, 0.2) is 24.4 Å². The molecule has 0 unspecified atom stereocenters. The Morgan fingerprint density at radius 1 is 1.18 bits per heavy atom. The third kappa shape index (κ3) is 1.82. The van der Waals surface area contributed by atoms with Crippen LogP contribution in [-0.2, 0) is 19.9 Å². The molecule has 1 heterocycles. The summed E-state index contributed by atoms with van der Waals surface area (Å²) in [5.41, 5.74) is 10.9. The zero-order valence-corrected chi connectivity index (χ0v) is 10.1. The first-order valence-electron chi connectivity index (χ1n) is 6.15. The van der Waals surface area contributed by atoms with E-state index in [1.807, 2.05) is 17.8 Å². The number of rotatable bonds is 1. The van der Waals surface area contributed by atoms with Crippen molar-refractivity contribution in [1.82, 2.24) is 9.55 Å². The number of anilines is 1. The highest BCUT2D eigenvalue weighted by molar-refractivity contribution is 5.62. The number of fused-ring (bicyclic) bond motifs is 1. The lowest BCUT2D eigenvalue weighted by atomic mass is 9.90. The van der Waals surface area contributed by atoms with Crippen LogP contribution in [0.2, 0.25) is 0 Å². The fourth-order valence-electron chi connectivity index (χ4n) is 2.51. The molecule has 1 aromatic carbocycles. The van der Waals surface area contributed by atoms with Crippen LogP contribution in [0.25, 0.3) is 11.3 Å². The summed E-state index contributed by atoms with van der Waals surface area (Å²) in [5, 5.41) is 0. The summed E-state index contributed by atoms with van der Waals surface area (Å²) < 4.78 is 1.86. The van der Waals surface area contributed by atoms with E-state index >= 15 is 0 Å². The molecule has 17 heavy (non-hydrogen) atoms. The fraction of sp³-hybridized carbons (Fsp3) is 0.357. The number of aromatic nitrogens is 2. The maximum Gasteiger partial charge on any atom is 0.200 e. The van der Waals surface area contributed by atoms with Gasteiger partial charge in [-0.2, -0.15) is 0 Å². The predicted octanol–water partition coefficient (Wildman–Crippen LogP) is 2.55. The van der Waals surface area contributed by atoms with Gasteiger partial charge in [-0.1, -0.05) is 12.1 Å². The summed E-state index contributed by atoms with van der Waals surface area (Å²) >= 11 is 0. The zero-order valence-electron chi connectivity index (χ0n) is 10.1. The number of benzene rings is 1. The molecule has 3 heteroatoms. The van der Waals surface area contributed by atoms with Crippen molar-refractivity contribution in [3.8, 4) is 11.3 Å². The first-order valence-corrected chi connectivity index (χ1v) is 6.15. The summed E-state index contributed by atoms with van der Waals surface area (Å²) in [6, 6.07) is 6.68. The Balaban J connectivity index is 2.03. The highest BCUT2D eigenvalue weighted by Gasteiger charge is 2.11. The highest BCUT2D eigenvalue weighted by Crippen LogP contribution is 2.27. The molecule has 1 aliphatic carbocycles. The van der Waals surface area contributed by atoms with Gasteiger partial charge >= 0.3 is 0 Å². The highest BCUT2D eigenvalue weighted by atomic mass is 15.1. The predicted molar refractivity (Wildman–Crippen MR) is 69.7 cm³/mol. The van der Waals surface area contributed by atoms with Gasteiger partial charge in [0.2, 0.25) is 0 Å². The summed E-state index contributed by atoms with van der Waals surface area (Å²) in [5.74, 6) is 0.567. The molecule has 0 amide bonds. The zero-order chi connectivity index (χ0) is 11.8. The average molecular weight is 227 g/mol. The van der Waals surface area contributed by atoms with Gasteiger partial charge in [-0.3, -0.25) is 0 Å². The number of nitrogens with two attached hydrogens (primary N) is 1. The largest absolute Gasteiger partial charge is 0.369 e. The number of nitrogen functional groups attached to an aromatic ring is 1. The van der Waals surface area contributed by atoms with E-state index in [0.29, 0.717) is 5.95 Å². The van der Waals surface area contributed by atoms with Gasteiger partial charge in [-0.05, 0) is 42.9 Å². The molecule has 0 aliphatic heterocycles. The maximum absolute atomic E-state index is 5.77. The monoisotopic (exact) mass is 227 g/mol. The van der Waals surface area contributed by atoms with E-state index in [4.69, 9.17) is 5.73 Å². The van der Waals surface area contributed by atoms with Crippen molar-refractivity contribution >= 4 is 5.95 Å². The van der Waals surface area contributed by atoms with Crippen LogP contribution in [0.3, 0.4) is 0 Å². The quantitative estimate of drug-likeness (QED) is 0.813. The molecule has 1 aliphatic rings. The Morgan fingerprint density at radius 2 is 1.94 bits per heavy atom. The second-order valence-corrected chi connectivity index (χ2v) is 4.79. The van der Waals surface area contributed by atoms with Crippen molar-refractivity contribution in [3.05, 3.63) is 35.5 Å². The van der Waals surface area contributed by atoms with Gasteiger partial charge < -0.3 is 10.3 Å². The number of aryl methyl sites for hydroxylation is 3. The van der Waals surface area contributed by atoms with Crippen LogP contribution in [0.1, 0.15) is 24.0 Å². The first-order chi connectivity index (χ1) is 8.24. The molecule has 3 rings (SSSR count). The third-order valence-corrected chi connectivity index (χ3v) is 3.56. The number of hydrogen-bond donors (Lipinski definition) is 1. The van der Waals surface area contributed by atoms with E-state index in [0.717, 1.165) is 5.69 Å². The molecular weight excluding hydrogens is 210 g/mol. The number of nitrogens with zero attached hydrogens (tertiary/aromatic N) is 2. The van der Waals surface area contributed by atoms with E-state index in [1.54, 1.807) is 0 Å². The molecular formula is C14H17N3. The Kier molecular flexibility index (Phi) is 2.39. The van der Waals surface area contributed by atoms with Crippen molar-refractivity contribution in [2.45, 2.75) is 25.7 Å². The van der Waals surface area contributed by atoms with Crippen molar-refractivity contribution in [2.75, 3.05) is 5.73 Å². The van der Waals surface area contributed by atoms with Gasteiger partial charge in [0.15, 0.2) is 5.95 Å². The first kappa shape index (κ1) is 10.4. The summed E-state index contributed by atoms with van der Waals surface area (Å²) in [6.45, 7) is 0. The molecule has 0 saturated heterocycles. The minimum absolute atomic E-state index is 0.567. The summed E-state index contributed by atoms with van der Waals surface area (Å²) in [6.07, 6.45) is 7.04. The smallest absolute Gasteiger partial charge is 0.200 e. The number of hydrogen-bond acceptors (Lipinski definition) is 2. The van der Waals surface area contributed by atoms with E-state index < -0.39 is 0 Å². The molecule has 2 aromatic rings. The third-order valence-electron chi connectivity index (χ3n) is 3.56. The standard InChI is InChI=1S/C14H17N3/c1-17-9-13(16-14(17)15)12-7-6-10-4-2-3-5-11(10)8-12/h6-9H,2-5H2,1H3,(H2,15,16). The van der Waals surface area contributed by atoms with Crippen molar-refractivity contribution in [1.29, 1.82) is 0 Å². The lowest BCUT2D eigenvalue weighted by Gasteiger charge is -2.15. The molecule has 0 bridgehead atoms. The van der Waals surface area contributed by atoms with Gasteiger partial charge in [-0.15, -0.1) is 0 Å². The molecule has 88 valence electrons. The van der Waals surface area contributed by atoms with E-state index in [2.05, 4.69) is 23.2 Å².